The van der Waals surface area contributed by atoms with Crippen molar-refractivity contribution >= 4 is 11.7 Å². The fourth-order valence-electron chi connectivity index (χ4n) is 2.42. The quantitative estimate of drug-likeness (QED) is 0.460. The summed E-state index contributed by atoms with van der Waals surface area (Å²) >= 11 is 0. The first-order valence-corrected chi connectivity index (χ1v) is 7.20. The lowest BCUT2D eigenvalue weighted by molar-refractivity contribution is -0.122. The number of hydrogen-bond donors (Lipinski definition) is 2. The number of amides is 1. The average molecular weight is 290 g/mol. The van der Waals surface area contributed by atoms with Gasteiger partial charge in [0.25, 0.3) is 5.91 Å². The Morgan fingerprint density at radius 3 is 2.71 bits per heavy atom. The zero-order valence-corrected chi connectivity index (χ0v) is 12.1. The Bertz CT molecular complexity index is 510. The van der Waals surface area contributed by atoms with Crippen LogP contribution in [-0.2, 0) is 16.2 Å². The molecular weight excluding hydrogens is 268 g/mol. The van der Waals surface area contributed by atoms with Crippen molar-refractivity contribution in [3.63, 3.8) is 0 Å². The third-order valence-corrected chi connectivity index (χ3v) is 3.45. The number of primary amides is 1. The van der Waals surface area contributed by atoms with Crippen LogP contribution in [0.15, 0.2) is 29.4 Å². The second-order valence-corrected chi connectivity index (χ2v) is 5.25. The second-order valence-electron chi connectivity index (χ2n) is 5.25. The number of carbonyl (C=O) groups is 1. The van der Waals surface area contributed by atoms with Crippen molar-refractivity contribution in [1.82, 2.24) is 4.90 Å². The number of nitrogens with two attached hydrogens (primary N) is 2. The highest BCUT2D eigenvalue weighted by Crippen LogP contribution is 2.14. The highest BCUT2D eigenvalue weighted by molar-refractivity contribution is 5.97. The van der Waals surface area contributed by atoms with Gasteiger partial charge in [-0.1, -0.05) is 29.8 Å². The van der Waals surface area contributed by atoms with E-state index in [1.54, 1.807) is 0 Å². The lowest BCUT2D eigenvalue weighted by atomic mass is 10.1. The van der Waals surface area contributed by atoms with Gasteiger partial charge in [-0.05, 0) is 37.6 Å². The molecule has 1 aliphatic heterocycles. The van der Waals surface area contributed by atoms with Crippen molar-refractivity contribution in [2.75, 3.05) is 19.7 Å². The van der Waals surface area contributed by atoms with Gasteiger partial charge in [-0.25, -0.2) is 0 Å². The summed E-state index contributed by atoms with van der Waals surface area (Å²) in [5.41, 5.74) is 12.8. The standard InChI is InChI=1S/C15H22N4O2/c16-14(20)11-21-18-15(17)13-6-4-5-12(9-13)10-19-7-2-1-3-8-19/h4-6,9H,1-3,7-8,10-11H2,(H2,16,20)(H2,17,18). The van der Waals surface area contributed by atoms with Crippen LogP contribution in [0.3, 0.4) is 0 Å². The fourth-order valence-corrected chi connectivity index (χ4v) is 2.42. The normalized spacial score (nSPS) is 16.7. The highest BCUT2D eigenvalue weighted by Gasteiger charge is 2.11. The van der Waals surface area contributed by atoms with E-state index in [4.69, 9.17) is 16.3 Å². The lowest BCUT2D eigenvalue weighted by Crippen LogP contribution is -2.29. The van der Waals surface area contributed by atoms with Crippen LogP contribution in [0.2, 0.25) is 0 Å². The van der Waals surface area contributed by atoms with E-state index in [0.717, 1.165) is 25.2 Å². The zero-order valence-electron chi connectivity index (χ0n) is 12.1. The fraction of sp³-hybridized carbons (Fsp3) is 0.467. The maximum Gasteiger partial charge on any atom is 0.258 e. The van der Waals surface area contributed by atoms with E-state index in [2.05, 4.69) is 16.1 Å². The molecule has 6 nitrogen and oxygen atoms in total. The summed E-state index contributed by atoms with van der Waals surface area (Å²) in [6.07, 6.45) is 3.86. The summed E-state index contributed by atoms with van der Waals surface area (Å²) in [4.78, 5) is 17.8. The van der Waals surface area contributed by atoms with E-state index < -0.39 is 5.91 Å². The van der Waals surface area contributed by atoms with Crippen molar-refractivity contribution in [3.8, 4) is 0 Å². The summed E-state index contributed by atoms with van der Waals surface area (Å²) in [6.45, 7) is 2.95. The minimum atomic E-state index is -0.578. The molecule has 1 amide bonds. The molecule has 1 aromatic carbocycles. The average Bonchev–Trinajstić information content (AvgIpc) is 2.48. The van der Waals surface area contributed by atoms with Crippen molar-refractivity contribution < 1.29 is 9.63 Å². The minimum Gasteiger partial charge on any atom is -0.384 e. The van der Waals surface area contributed by atoms with E-state index >= 15 is 0 Å². The van der Waals surface area contributed by atoms with Crippen molar-refractivity contribution in [1.29, 1.82) is 0 Å². The number of rotatable bonds is 6. The molecule has 1 saturated heterocycles. The van der Waals surface area contributed by atoms with E-state index in [-0.39, 0.29) is 12.4 Å². The summed E-state index contributed by atoms with van der Waals surface area (Å²) in [6, 6.07) is 7.90. The first-order valence-electron chi connectivity index (χ1n) is 7.20. The molecule has 1 aliphatic rings. The summed E-state index contributed by atoms with van der Waals surface area (Å²) in [7, 11) is 0. The molecule has 0 saturated carbocycles. The van der Waals surface area contributed by atoms with Gasteiger partial charge in [0, 0.05) is 12.1 Å². The van der Waals surface area contributed by atoms with E-state index in [1.165, 1.54) is 24.8 Å². The molecule has 0 spiro atoms. The number of likely N-dealkylation sites (tertiary alicyclic amines) is 1. The Labute approximate surface area is 124 Å². The maximum absolute atomic E-state index is 10.6. The Morgan fingerprint density at radius 2 is 2.00 bits per heavy atom. The Hall–Kier alpha value is -2.08. The third-order valence-electron chi connectivity index (χ3n) is 3.45. The second kappa shape index (κ2) is 7.64. The van der Waals surface area contributed by atoms with Gasteiger partial charge in [-0.3, -0.25) is 9.69 Å². The smallest absolute Gasteiger partial charge is 0.258 e. The van der Waals surface area contributed by atoms with Crippen LogP contribution >= 0.6 is 0 Å². The van der Waals surface area contributed by atoms with Crippen molar-refractivity contribution in [2.45, 2.75) is 25.8 Å². The molecule has 4 N–H and O–H groups in total. The van der Waals surface area contributed by atoms with Crippen LogP contribution in [-0.4, -0.2) is 36.3 Å². The summed E-state index contributed by atoms with van der Waals surface area (Å²) in [5, 5.41) is 3.70. The maximum atomic E-state index is 10.6. The van der Waals surface area contributed by atoms with E-state index in [9.17, 15) is 4.79 Å². The Kier molecular flexibility index (Phi) is 5.57. The van der Waals surface area contributed by atoms with Gasteiger partial charge in [0.15, 0.2) is 12.4 Å². The minimum absolute atomic E-state index is 0.247. The van der Waals surface area contributed by atoms with Gasteiger partial charge in [0.05, 0.1) is 0 Å². The highest BCUT2D eigenvalue weighted by atomic mass is 16.6. The van der Waals surface area contributed by atoms with Crippen molar-refractivity contribution in [3.05, 3.63) is 35.4 Å². The number of hydrogen-bond acceptors (Lipinski definition) is 4. The molecule has 0 aliphatic carbocycles. The molecule has 0 atom stereocenters. The number of carbonyl (C=O) groups excluding carboxylic acids is 1. The molecule has 2 rings (SSSR count). The first-order chi connectivity index (χ1) is 10.1. The van der Waals surface area contributed by atoms with Gasteiger partial charge in [-0.15, -0.1) is 0 Å². The molecule has 6 heteroatoms. The van der Waals surface area contributed by atoms with Crippen LogP contribution in [0.25, 0.3) is 0 Å². The van der Waals surface area contributed by atoms with Gasteiger partial charge in [0.2, 0.25) is 0 Å². The van der Waals surface area contributed by atoms with Gasteiger partial charge in [-0.2, -0.15) is 0 Å². The molecule has 0 aromatic heterocycles. The molecule has 0 bridgehead atoms. The van der Waals surface area contributed by atoms with Crippen LogP contribution in [0, 0.1) is 0 Å². The van der Waals surface area contributed by atoms with Crippen LogP contribution in [0.1, 0.15) is 30.4 Å². The SMILES string of the molecule is NC(=O)CO/N=C(\N)c1cccc(CN2CCCCC2)c1. The lowest BCUT2D eigenvalue weighted by Gasteiger charge is -2.26. The molecular formula is C15H22N4O2. The molecule has 0 radical (unpaired) electrons. The molecule has 1 fully saturated rings. The van der Waals surface area contributed by atoms with Crippen LogP contribution in [0.4, 0.5) is 0 Å². The monoisotopic (exact) mass is 290 g/mol. The predicted molar refractivity (Wildman–Crippen MR) is 81.4 cm³/mol. The largest absolute Gasteiger partial charge is 0.384 e. The van der Waals surface area contributed by atoms with E-state index in [0.29, 0.717) is 0 Å². The molecule has 114 valence electrons. The topological polar surface area (TPSA) is 93.9 Å². The number of nitrogens with zero attached hydrogens (tertiary/aromatic N) is 2. The Balaban J connectivity index is 1.97. The number of benzene rings is 1. The number of oxime groups is 1. The molecule has 21 heavy (non-hydrogen) atoms. The van der Waals surface area contributed by atoms with Gasteiger partial charge >= 0.3 is 0 Å². The molecule has 1 aromatic rings. The van der Waals surface area contributed by atoms with E-state index in [1.807, 2.05) is 18.2 Å². The van der Waals surface area contributed by atoms with Crippen molar-refractivity contribution in [2.24, 2.45) is 16.6 Å². The Morgan fingerprint density at radius 1 is 1.24 bits per heavy atom. The van der Waals surface area contributed by atoms with Crippen LogP contribution in [0.5, 0.6) is 0 Å². The first kappa shape index (κ1) is 15.3. The molecule has 1 heterocycles. The third kappa shape index (κ3) is 5.07. The summed E-state index contributed by atoms with van der Waals surface area (Å²) < 4.78 is 0. The number of piperidine rings is 1. The number of amidine groups is 1. The molecule has 0 unspecified atom stereocenters. The predicted octanol–water partition coefficient (Wildman–Crippen LogP) is 0.795. The van der Waals surface area contributed by atoms with Gasteiger partial charge in [0.1, 0.15) is 0 Å². The van der Waals surface area contributed by atoms with Crippen LogP contribution < -0.4 is 11.5 Å². The van der Waals surface area contributed by atoms with Gasteiger partial charge < -0.3 is 16.3 Å². The zero-order chi connectivity index (χ0) is 15.1. The summed E-state index contributed by atoms with van der Waals surface area (Å²) in [5.74, 6) is -0.331.